The van der Waals surface area contributed by atoms with Crippen molar-refractivity contribution in [1.29, 1.82) is 0 Å². The fourth-order valence-electron chi connectivity index (χ4n) is 1.62. The highest BCUT2D eigenvalue weighted by atomic mass is 19.4. The molecule has 0 bridgehead atoms. The minimum absolute atomic E-state index is 0.155. The van der Waals surface area contributed by atoms with Crippen LogP contribution < -0.4 is 5.73 Å². The summed E-state index contributed by atoms with van der Waals surface area (Å²) in [5.74, 6) is -0.516. The molecule has 1 unspecified atom stereocenters. The molecule has 8 heteroatoms. The highest BCUT2D eigenvalue weighted by molar-refractivity contribution is 5.81. The Bertz CT molecular complexity index is 407. The Morgan fingerprint density at radius 1 is 1.55 bits per heavy atom. The second kappa shape index (κ2) is 7.30. The van der Waals surface area contributed by atoms with Gasteiger partial charge in [-0.25, -0.2) is 0 Å². The number of alkyl halides is 3. The molecule has 20 heavy (non-hydrogen) atoms. The molecule has 0 fully saturated rings. The molecule has 0 aliphatic heterocycles. The van der Waals surface area contributed by atoms with Gasteiger partial charge in [0.05, 0.1) is 18.8 Å². The molecule has 1 heterocycles. The Morgan fingerprint density at radius 3 is 2.75 bits per heavy atom. The first kappa shape index (κ1) is 16.5. The highest BCUT2D eigenvalue weighted by Gasteiger charge is 2.34. The number of rotatable bonds is 7. The number of carbonyl (C=O) groups is 1. The second-order valence-electron chi connectivity index (χ2n) is 4.28. The molecule has 1 aromatic rings. The van der Waals surface area contributed by atoms with Crippen LogP contribution in [0.4, 0.5) is 13.2 Å². The fraction of sp³-hybridized carbons (Fsp3) is 0.583. The van der Waals surface area contributed by atoms with Crippen molar-refractivity contribution in [3.05, 3.63) is 24.2 Å². The lowest BCUT2D eigenvalue weighted by atomic mass is 10.2. The van der Waals surface area contributed by atoms with Gasteiger partial charge in [0.2, 0.25) is 5.91 Å². The normalized spacial score (nSPS) is 13.2. The van der Waals surface area contributed by atoms with Crippen molar-refractivity contribution in [2.24, 2.45) is 5.73 Å². The number of nitrogens with two attached hydrogens (primary N) is 1. The van der Waals surface area contributed by atoms with Gasteiger partial charge in [0, 0.05) is 13.7 Å². The topological polar surface area (TPSA) is 68.7 Å². The molecule has 5 nitrogen and oxygen atoms in total. The predicted octanol–water partition coefficient (Wildman–Crippen LogP) is 1.53. The van der Waals surface area contributed by atoms with E-state index in [-0.39, 0.29) is 25.3 Å². The number of halogens is 3. The quantitative estimate of drug-likeness (QED) is 0.828. The van der Waals surface area contributed by atoms with Gasteiger partial charge in [-0.3, -0.25) is 4.79 Å². The number of hydrogen-bond donors (Lipinski definition) is 1. The molecule has 1 rings (SSSR count). The summed E-state index contributed by atoms with van der Waals surface area (Å²) < 4.78 is 47.3. The van der Waals surface area contributed by atoms with E-state index in [0.29, 0.717) is 4.90 Å². The average molecular weight is 294 g/mol. The maximum absolute atomic E-state index is 12.5. The lowest BCUT2D eigenvalue weighted by molar-refractivity contribution is -0.163. The lowest BCUT2D eigenvalue weighted by Crippen LogP contribution is -2.47. The zero-order valence-corrected chi connectivity index (χ0v) is 11.0. The molecule has 0 saturated heterocycles. The van der Waals surface area contributed by atoms with Crippen molar-refractivity contribution in [1.82, 2.24) is 4.90 Å². The van der Waals surface area contributed by atoms with E-state index in [0.717, 1.165) is 0 Å². The lowest BCUT2D eigenvalue weighted by Gasteiger charge is -2.25. The van der Waals surface area contributed by atoms with Crippen molar-refractivity contribution < 1.29 is 27.1 Å². The minimum atomic E-state index is -4.50. The smallest absolute Gasteiger partial charge is 0.406 e. The van der Waals surface area contributed by atoms with Gasteiger partial charge in [-0.05, 0) is 18.6 Å². The first-order valence-corrected chi connectivity index (χ1v) is 5.96. The van der Waals surface area contributed by atoms with Crippen LogP contribution in [0.15, 0.2) is 22.8 Å². The number of furan rings is 1. The molecule has 114 valence electrons. The van der Waals surface area contributed by atoms with Crippen LogP contribution in [0.25, 0.3) is 0 Å². The molecule has 1 aromatic heterocycles. The Morgan fingerprint density at radius 2 is 2.25 bits per heavy atom. The van der Waals surface area contributed by atoms with Gasteiger partial charge in [-0.15, -0.1) is 0 Å². The molecule has 0 radical (unpaired) electrons. The number of nitrogens with zero attached hydrogens (tertiary/aromatic N) is 1. The van der Waals surface area contributed by atoms with Gasteiger partial charge in [-0.2, -0.15) is 13.2 Å². The van der Waals surface area contributed by atoms with Gasteiger partial charge in [0.25, 0.3) is 0 Å². The molecule has 0 spiro atoms. The first-order chi connectivity index (χ1) is 9.33. The van der Waals surface area contributed by atoms with Crippen molar-refractivity contribution in [3.8, 4) is 0 Å². The molecular formula is C12H17F3N2O3. The number of ether oxygens (including phenoxy) is 1. The molecule has 0 saturated carbocycles. The number of carbonyl (C=O) groups excluding carboxylic acids is 1. The summed E-state index contributed by atoms with van der Waals surface area (Å²) in [6, 6.07) is 2.00. The van der Waals surface area contributed by atoms with Crippen LogP contribution in [0.1, 0.15) is 12.2 Å². The van der Waals surface area contributed by atoms with Gasteiger partial charge >= 0.3 is 6.18 Å². The average Bonchev–Trinajstić information content (AvgIpc) is 2.85. The molecule has 1 atom stereocenters. The monoisotopic (exact) mass is 294 g/mol. The minimum Gasteiger partial charge on any atom is -0.467 e. The van der Waals surface area contributed by atoms with E-state index in [4.69, 9.17) is 14.9 Å². The molecule has 1 amide bonds. The Labute approximate surface area is 114 Å². The van der Waals surface area contributed by atoms with Crippen molar-refractivity contribution in [2.45, 2.75) is 25.2 Å². The molecule has 0 aliphatic carbocycles. The van der Waals surface area contributed by atoms with E-state index < -0.39 is 24.7 Å². The summed E-state index contributed by atoms with van der Waals surface area (Å²) in [7, 11) is 1.42. The largest absolute Gasteiger partial charge is 0.467 e. The van der Waals surface area contributed by atoms with Crippen molar-refractivity contribution >= 4 is 5.91 Å². The van der Waals surface area contributed by atoms with Crippen LogP contribution in [-0.2, 0) is 16.1 Å². The summed E-state index contributed by atoms with van der Waals surface area (Å²) in [5.41, 5.74) is 5.58. The van der Waals surface area contributed by atoms with Crippen LogP contribution in [0.3, 0.4) is 0 Å². The molecule has 2 N–H and O–H groups in total. The van der Waals surface area contributed by atoms with Crippen molar-refractivity contribution in [3.63, 3.8) is 0 Å². The molecule has 0 aliphatic rings. The third-order valence-electron chi connectivity index (χ3n) is 2.56. The van der Waals surface area contributed by atoms with Crippen molar-refractivity contribution in [2.75, 3.05) is 20.3 Å². The van der Waals surface area contributed by atoms with Crippen LogP contribution in [-0.4, -0.2) is 43.3 Å². The standard InChI is InChI=1S/C12H17F3N2O3/c1-19-6-4-10(16)11(18)17(8-12(13,14)15)7-9-3-2-5-20-9/h2-3,5,10H,4,6-8,16H2,1H3. The van der Waals surface area contributed by atoms with Gasteiger partial charge in [0.1, 0.15) is 12.3 Å². The zero-order chi connectivity index (χ0) is 15.2. The van der Waals surface area contributed by atoms with Crippen LogP contribution in [0, 0.1) is 0 Å². The fourth-order valence-corrected chi connectivity index (χ4v) is 1.62. The maximum atomic E-state index is 12.5. The second-order valence-corrected chi connectivity index (χ2v) is 4.28. The van der Waals surface area contributed by atoms with Crippen LogP contribution in [0.5, 0.6) is 0 Å². The predicted molar refractivity (Wildman–Crippen MR) is 64.6 cm³/mol. The SMILES string of the molecule is COCCC(N)C(=O)N(Cc1ccco1)CC(F)(F)F. The number of amides is 1. The van der Waals surface area contributed by atoms with Gasteiger partial charge < -0.3 is 19.8 Å². The zero-order valence-electron chi connectivity index (χ0n) is 11.0. The summed E-state index contributed by atoms with van der Waals surface area (Å²) >= 11 is 0. The van der Waals surface area contributed by atoms with Gasteiger partial charge in [0.15, 0.2) is 0 Å². The summed E-state index contributed by atoms with van der Waals surface area (Å²) in [6.07, 6.45) is -3.01. The molecular weight excluding hydrogens is 277 g/mol. The third kappa shape index (κ3) is 5.62. The van der Waals surface area contributed by atoms with Crippen LogP contribution in [0.2, 0.25) is 0 Å². The number of hydrogen-bond acceptors (Lipinski definition) is 4. The summed E-state index contributed by atoms with van der Waals surface area (Å²) in [6.45, 7) is -1.44. The van der Waals surface area contributed by atoms with E-state index >= 15 is 0 Å². The third-order valence-corrected chi connectivity index (χ3v) is 2.56. The first-order valence-electron chi connectivity index (χ1n) is 5.96. The van der Waals surface area contributed by atoms with E-state index in [1.54, 1.807) is 0 Å². The maximum Gasteiger partial charge on any atom is 0.406 e. The van der Waals surface area contributed by atoms with Gasteiger partial charge in [-0.1, -0.05) is 0 Å². The Hall–Kier alpha value is -1.54. The number of methoxy groups -OCH3 is 1. The van der Waals surface area contributed by atoms with E-state index in [2.05, 4.69) is 0 Å². The van der Waals surface area contributed by atoms with Crippen LogP contribution >= 0.6 is 0 Å². The highest BCUT2D eigenvalue weighted by Crippen LogP contribution is 2.19. The summed E-state index contributed by atoms with van der Waals surface area (Å²) in [4.78, 5) is 12.6. The molecule has 0 aromatic carbocycles. The van der Waals surface area contributed by atoms with E-state index in [1.165, 1.54) is 25.5 Å². The van der Waals surface area contributed by atoms with E-state index in [9.17, 15) is 18.0 Å². The summed E-state index contributed by atoms with van der Waals surface area (Å²) in [5, 5.41) is 0. The Kier molecular flexibility index (Phi) is 6.03. The van der Waals surface area contributed by atoms with E-state index in [1.807, 2.05) is 0 Å². The Balaban J connectivity index is 2.73.